The molecule has 0 spiro atoms. The van der Waals surface area contributed by atoms with Crippen LogP contribution in [0.5, 0.6) is 11.5 Å². The summed E-state index contributed by atoms with van der Waals surface area (Å²) in [6.07, 6.45) is 1.30. The van der Waals surface area contributed by atoms with E-state index in [0.717, 1.165) is 10.9 Å². The second-order valence-electron chi connectivity index (χ2n) is 3.36. The van der Waals surface area contributed by atoms with Gasteiger partial charge in [0.1, 0.15) is 11.5 Å². The maximum absolute atomic E-state index is 11.8. The van der Waals surface area contributed by atoms with E-state index < -0.39 is 0 Å². The Kier molecular flexibility index (Phi) is 2.95. The van der Waals surface area contributed by atoms with E-state index >= 15 is 0 Å². The maximum atomic E-state index is 11.8. The topological polar surface area (TPSA) is 35.5 Å². The fraction of sp³-hybridized carbons (Fsp3) is 0.364. The van der Waals surface area contributed by atoms with Crippen molar-refractivity contribution in [2.24, 2.45) is 0 Å². The van der Waals surface area contributed by atoms with Gasteiger partial charge in [0.05, 0.1) is 23.8 Å². The van der Waals surface area contributed by atoms with Crippen LogP contribution in [0.3, 0.4) is 0 Å². The number of Topliss-reactive ketones (excluding diaryl/α,β-unsaturated/α-hetero) is 1. The van der Waals surface area contributed by atoms with Gasteiger partial charge in [-0.05, 0) is 34.5 Å². The van der Waals surface area contributed by atoms with Gasteiger partial charge in [0, 0.05) is 6.42 Å². The summed E-state index contributed by atoms with van der Waals surface area (Å²) in [5.74, 6) is 1.42. The molecule has 0 N–H and O–H groups in total. The smallest absolute Gasteiger partial charge is 0.166 e. The van der Waals surface area contributed by atoms with Crippen LogP contribution in [0.1, 0.15) is 23.2 Å². The zero-order valence-corrected chi connectivity index (χ0v) is 9.96. The molecule has 0 fully saturated rings. The minimum absolute atomic E-state index is 0.113. The number of benzene rings is 1. The second kappa shape index (κ2) is 4.23. The summed E-state index contributed by atoms with van der Waals surface area (Å²) in [5, 5.41) is 0. The summed E-state index contributed by atoms with van der Waals surface area (Å²) in [5.41, 5.74) is 0.610. The first kappa shape index (κ1) is 10.5. The maximum Gasteiger partial charge on any atom is 0.166 e. The van der Waals surface area contributed by atoms with Crippen molar-refractivity contribution in [3.05, 3.63) is 22.2 Å². The van der Waals surface area contributed by atoms with Crippen molar-refractivity contribution in [2.75, 3.05) is 13.7 Å². The van der Waals surface area contributed by atoms with Crippen molar-refractivity contribution in [2.45, 2.75) is 12.8 Å². The van der Waals surface area contributed by atoms with Crippen LogP contribution in [0, 0.1) is 0 Å². The minimum Gasteiger partial charge on any atom is -0.497 e. The molecule has 0 atom stereocenters. The number of ketones is 1. The molecule has 3 nitrogen and oxygen atoms in total. The highest BCUT2D eigenvalue weighted by Gasteiger charge is 2.20. The summed E-state index contributed by atoms with van der Waals surface area (Å²) in [6, 6.07) is 3.53. The average Bonchev–Trinajstić information content (AvgIpc) is 2.41. The van der Waals surface area contributed by atoms with Crippen molar-refractivity contribution >= 4 is 21.7 Å². The van der Waals surface area contributed by atoms with Gasteiger partial charge in [-0.15, -0.1) is 0 Å². The van der Waals surface area contributed by atoms with Gasteiger partial charge in [-0.2, -0.15) is 0 Å². The Morgan fingerprint density at radius 3 is 3.00 bits per heavy atom. The molecule has 0 aromatic heterocycles. The average molecular weight is 271 g/mol. The van der Waals surface area contributed by atoms with E-state index in [1.54, 1.807) is 19.2 Å². The minimum atomic E-state index is 0.113. The number of hydrogen-bond donors (Lipinski definition) is 0. The Morgan fingerprint density at radius 2 is 2.27 bits per heavy atom. The predicted octanol–water partition coefficient (Wildman–Crippen LogP) is 2.81. The summed E-state index contributed by atoms with van der Waals surface area (Å²) >= 11 is 3.38. The molecule has 80 valence electrons. The summed E-state index contributed by atoms with van der Waals surface area (Å²) in [6.45, 7) is 0.587. The first-order valence-corrected chi connectivity index (χ1v) is 5.55. The van der Waals surface area contributed by atoms with Gasteiger partial charge < -0.3 is 9.47 Å². The van der Waals surface area contributed by atoms with E-state index in [1.165, 1.54) is 0 Å². The molecule has 1 aliphatic rings. The van der Waals surface area contributed by atoms with Crippen molar-refractivity contribution in [3.63, 3.8) is 0 Å². The van der Waals surface area contributed by atoms with Gasteiger partial charge in [-0.25, -0.2) is 0 Å². The Morgan fingerprint density at radius 1 is 1.47 bits per heavy atom. The van der Waals surface area contributed by atoms with Gasteiger partial charge in [0.15, 0.2) is 5.78 Å². The molecule has 0 saturated carbocycles. The molecule has 15 heavy (non-hydrogen) atoms. The molecule has 0 aliphatic carbocycles. The monoisotopic (exact) mass is 270 g/mol. The molecule has 0 amide bonds. The van der Waals surface area contributed by atoms with Gasteiger partial charge in [0.25, 0.3) is 0 Å². The third-order valence-electron chi connectivity index (χ3n) is 2.35. The Bertz CT molecular complexity index is 401. The van der Waals surface area contributed by atoms with Crippen molar-refractivity contribution < 1.29 is 14.3 Å². The van der Waals surface area contributed by atoms with E-state index in [1.807, 2.05) is 0 Å². The van der Waals surface area contributed by atoms with Crippen LogP contribution >= 0.6 is 15.9 Å². The lowest BCUT2D eigenvalue weighted by Gasteiger charge is -2.10. The standard InChI is InChI=1S/C11H11BrO3/c1-14-7-5-8-10(13)3-2-4-15-11(8)9(12)6-7/h5-6H,2-4H2,1H3. The molecule has 1 aromatic rings. The van der Waals surface area contributed by atoms with E-state index in [2.05, 4.69) is 15.9 Å². The quantitative estimate of drug-likeness (QED) is 0.787. The van der Waals surface area contributed by atoms with Gasteiger partial charge in [0.2, 0.25) is 0 Å². The van der Waals surface area contributed by atoms with Crippen molar-refractivity contribution in [1.29, 1.82) is 0 Å². The number of rotatable bonds is 1. The SMILES string of the molecule is COc1cc(Br)c2c(c1)C(=O)CCCO2. The Balaban J connectivity index is 2.55. The molecule has 0 bridgehead atoms. The van der Waals surface area contributed by atoms with E-state index in [-0.39, 0.29) is 5.78 Å². The number of carbonyl (C=O) groups excluding carboxylic acids is 1. The number of hydrogen-bond acceptors (Lipinski definition) is 3. The Hall–Kier alpha value is -1.03. The Labute approximate surface area is 96.5 Å². The highest BCUT2D eigenvalue weighted by molar-refractivity contribution is 9.10. The molecular formula is C11H11BrO3. The fourth-order valence-electron chi connectivity index (χ4n) is 1.58. The van der Waals surface area contributed by atoms with Crippen molar-refractivity contribution in [1.82, 2.24) is 0 Å². The third-order valence-corrected chi connectivity index (χ3v) is 2.94. The van der Waals surface area contributed by atoms with E-state index in [0.29, 0.717) is 30.1 Å². The zero-order chi connectivity index (χ0) is 10.8. The fourth-order valence-corrected chi connectivity index (χ4v) is 2.14. The normalized spacial score (nSPS) is 15.2. The molecule has 2 rings (SSSR count). The molecule has 0 radical (unpaired) electrons. The largest absolute Gasteiger partial charge is 0.497 e. The molecule has 0 unspecified atom stereocenters. The predicted molar refractivity (Wildman–Crippen MR) is 59.8 cm³/mol. The first-order valence-electron chi connectivity index (χ1n) is 4.76. The van der Waals surface area contributed by atoms with E-state index in [4.69, 9.17) is 9.47 Å². The lowest BCUT2D eigenvalue weighted by atomic mass is 10.1. The third kappa shape index (κ3) is 2.00. The van der Waals surface area contributed by atoms with Crippen LogP contribution in [0.15, 0.2) is 16.6 Å². The van der Waals surface area contributed by atoms with Crippen LogP contribution < -0.4 is 9.47 Å². The lowest BCUT2D eigenvalue weighted by Crippen LogP contribution is -1.99. The highest BCUT2D eigenvalue weighted by Crippen LogP contribution is 2.36. The molecule has 1 heterocycles. The van der Waals surface area contributed by atoms with Crippen molar-refractivity contribution in [3.8, 4) is 11.5 Å². The molecule has 4 heteroatoms. The van der Waals surface area contributed by atoms with Crippen LogP contribution in [0.2, 0.25) is 0 Å². The number of methoxy groups -OCH3 is 1. The number of ether oxygens (including phenoxy) is 2. The van der Waals surface area contributed by atoms with Gasteiger partial charge in [-0.3, -0.25) is 4.79 Å². The zero-order valence-electron chi connectivity index (χ0n) is 8.38. The number of carbonyl (C=O) groups is 1. The summed E-state index contributed by atoms with van der Waals surface area (Å²) in [7, 11) is 1.58. The van der Waals surface area contributed by atoms with Gasteiger partial charge >= 0.3 is 0 Å². The van der Waals surface area contributed by atoms with E-state index in [9.17, 15) is 4.79 Å². The van der Waals surface area contributed by atoms with Gasteiger partial charge in [-0.1, -0.05) is 0 Å². The van der Waals surface area contributed by atoms with Crippen LogP contribution in [-0.4, -0.2) is 19.5 Å². The summed E-state index contributed by atoms with van der Waals surface area (Å²) in [4.78, 5) is 11.8. The first-order chi connectivity index (χ1) is 7.22. The van der Waals surface area contributed by atoms with Crippen LogP contribution in [0.4, 0.5) is 0 Å². The lowest BCUT2D eigenvalue weighted by molar-refractivity contribution is 0.0983. The molecule has 0 saturated heterocycles. The molecule has 1 aliphatic heterocycles. The molecular weight excluding hydrogens is 260 g/mol. The highest BCUT2D eigenvalue weighted by atomic mass is 79.9. The summed E-state index contributed by atoms with van der Waals surface area (Å²) < 4.78 is 11.4. The number of fused-ring (bicyclic) bond motifs is 1. The van der Waals surface area contributed by atoms with Crippen LogP contribution in [0.25, 0.3) is 0 Å². The molecule has 1 aromatic carbocycles. The number of halogens is 1. The van der Waals surface area contributed by atoms with Crippen LogP contribution in [-0.2, 0) is 0 Å². The second-order valence-corrected chi connectivity index (χ2v) is 4.22.